The number of rotatable bonds is 1. The number of nitrogens with zero attached hydrogens (tertiary/aromatic N) is 2. The third kappa shape index (κ3) is 6.01. The van der Waals surface area contributed by atoms with E-state index in [-0.39, 0.29) is 0 Å². The Hall–Kier alpha value is -1.00. The molecule has 0 amide bonds. The first kappa shape index (κ1) is 17.4. The molecule has 2 aromatic rings. The topological polar surface area (TPSA) is 98.5 Å². The fourth-order valence-electron chi connectivity index (χ4n) is 2.13. The van der Waals surface area contributed by atoms with Crippen LogP contribution in [0.3, 0.4) is 0 Å². The van der Waals surface area contributed by atoms with E-state index in [2.05, 4.69) is 50.6 Å². The Morgan fingerprint density at radius 1 is 0.909 bits per heavy atom. The second-order valence-corrected chi connectivity index (χ2v) is 7.26. The van der Waals surface area contributed by atoms with Gasteiger partial charge in [0.15, 0.2) is 13.1 Å². The van der Waals surface area contributed by atoms with Crippen LogP contribution in [-0.2, 0) is 0 Å². The molecule has 0 spiro atoms. The summed E-state index contributed by atoms with van der Waals surface area (Å²) in [5, 5.41) is 4.34. The molecule has 1 aliphatic heterocycles. The van der Waals surface area contributed by atoms with E-state index >= 15 is 0 Å². The lowest BCUT2D eigenvalue weighted by molar-refractivity contribution is -2.00. The lowest BCUT2D eigenvalue weighted by atomic mass is 10.2. The summed E-state index contributed by atoms with van der Waals surface area (Å²) in [6.07, 6.45) is 0. The average molecular weight is 363 g/mol. The molecular weight excluding hydrogens is 348 g/mol. The summed E-state index contributed by atoms with van der Waals surface area (Å²) in [6.45, 7) is 4.50. The highest BCUT2D eigenvalue weighted by Gasteiger charge is 2.19. The zero-order valence-electron chi connectivity index (χ0n) is 11.6. The molecule has 3 rings (SSSR count). The van der Waals surface area contributed by atoms with Crippen molar-refractivity contribution in [2.45, 2.75) is 0 Å². The number of hydrogen-bond donors (Lipinski definition) is 0. The molecule has 120 valence electrons. The van der Waals surface area contributed by atoms with Crippen molar-refractivity contribution in [2.24, 2.45) is 0 Å². The largest absolute Gasteiger partial charge is 0.359 e. The van der Waals surface area contributed by atoms with Gasteiger partial charge < -0.3 is 4.90 Å². The van der Waals surface area contributed by atoms with E-state index < -0.39 is 10.2 Å². The highest BCUT2D eigenvalue weighted by molar-refractivity contribution is 7.24. The molecule has 1 aliphatic rings. The average Bonchev–Trinajstić information content (AvgIpc) is 3.01. The van der Waals surface area contributed by atoms with E-state index in [1.165, 1.54) is 9.67 Å². The molecule has 1 aromatic heterocycles. The van der Waals surface area contributed by atoms with Crippen LogP contribution in [0.2, 0.25) is 0 Å². The van der Waals surface area contributed by atoms with Gasteiger partial charge in [-0.25, -0.2) is 23.2 Å². The Labute approximate surface area is 138 Å². The van der Waals surface area contributed by atoms with E-state index in [1.807, 2.05) is 22.7 Å². The molecule has 6 nitrogen and oxygen atoms in total. The van der Waals surface area contributed by atoms with Crippen LogP contribution in [0.5, 0.6) is 0 Å². The third-order valence-electron chi connectivity index (χ3n) is 3.05. The maximum absolute atomic E-state index is 8.49. The Morgan fingerprint density at radius 3 is 1.91 bits per heavy atom. The maximum Gasteiger partial charge on any atom is 0.313 e. The van der Waals surface area contributed by atoms with Crippen molar-refractivity contribution in [3.05, 3.63) is 45.1 Å². The number of hydrogen-bond acceptors (Lipinski definition) is 7. The fraction of sp³-hybridized carbons (Fsp3) is 0.308. The van der Waals surface area contributed by atoms with Gasteiger partial charge in [0.05, 0.1) is 13.1 Å². The summed E-state index contributed by atoms with van der Waals surface area (Å²) < 4.78 is 37.9. The van der Waals surface area contributed by atoms with Crippen LogP contribution in [-0.4, -0.2) is 26.2 Å². The minimum atomic E-state index is -4.94. The van der Waals surface area contributed by atoms with E-state index in [1.54, 1.807) is 0 Å². The zero-order valence-corrected chi connectivity index (χ0v) is 14.0. The SMILES string of the molecule is [O-][Cl+3]([O-])([O-])[O-].c1ccc(N2CC[N+](=c3sccs3)CC2)cc1. The van der Waals surface area contributed by atoms with Crippen LogP contribution in [0.4, 0.5) is 5.69 Å². The summed E-state index contributed by atoms with van der Waals surface area (Å²) in [6, 6.07) is 10.7. The zero-order chi connectivity index (χ0) is 16.0. The summed E-state index contributed by atoms with van der Waals surface area (Å²) in [7, 11) is -4.94. The van der Waals surface area contributed by atoms with Gasteiger partial charge in [-0.3, -0.25) is 0 Å². The van der Waals surface area contributed by atoms with Crippen LogP contribution in [0, 0.1) is 10.2 Å². The molecule has 2 heterocycles. The standard InChI is InChI=1S/C13H15N2S2.ClHO4/c1-2-4-12(5-3-1)14-6-8-15(9-7-14)13-16-10-11-17-13;2-1(3,4)5/h1-5,10-11H,6-9H2;(H,2,3,4,5)/q+1;/p-1. The molecule has 0 aliphatic carbocycles. The second kappa shape index (κ2) is 8.02. The highest BCUT2D eigenvalue weighted by Crippen LogP contribution is 2.13. The molecule has 1 aromatic carbocycles. The van der Waals surface area contributed by atoms with Gasteiger partial charge in [-0.15, -0.1) is 10.2 Å². The molecule has 22 heavy (non-hydrogen) atoms. The molecule has 0 bridgehead atoms. The van der Waals surface area contributed by atoms with Gasteiger partial charge in [0.2, 0.25) is 0 Å². The molecule has 0 unspecified atom stereocenters. The first-order valence-electron chi connectivity index (χ1n) is 6.45. The Balaban J connectivity index is 0.000000309. The van der Waals surface area contributed by atoms with Gasteiger partial charge in [0, 0.05) is 16.4 Å². The number of benzene rings is 1. The summed E-state index contributed by atoms with van der Waals surface area (Å²) >= 11 is 3.70. The number of piperazine rings is 1. The molecule has 1 fully saturated rings. The van der Waals surface area contributed by atoms with Gasteiger partial charge in [0.25, 0.3) is 0 Å². The van der Waals surface area contributed by atoms with Crippen molar-refractivity contribution in [1.82, 2.24) is 4.58 Å². The molecule has 0 saturated carbocycles. The van der Waals surface area contributed by atoms with E-state index in [9.17, 15) is 0 Å². The first-order valence-corrected chi connectivity index (χ1v) is 9.45. The molecule has 0 atom stereocenters. The minimum absolute atomic E-state index is 1.12. The van der Waals surface area contributed by atoms with Crippen molar-refractivity contribution >= 4 is 28.4 Å². The van der Waals surface area contributed by atoms with Gasteiger partial charge >= 0.3 is 3.98 Å². The molecular formula is C13H15ClN2O4S2. The maximum atomic E-state index is 8.49. The molecule has 1 saturated heterocycles. The van der Waals surface area contributed by atoms with Gasteiger partial charge in [-0.2, -0.15) is 0 Å². The van der Waals surface area contributed by atoms with Crippen molar-refractivity contribution < 1.29 is 28.9 Å². The predicted molar refractivity (Wildman–Crippen MR) is 75.9 cm³/mol. The van der Waals surface area contributed by atoms with Crippen LogP contribution >= 0.6 is 22.7 Å². The monoisotopic (exact) mass is 362 g/mol. The van der Waals surface area contributed by atoms with E-state index in [0.717, 1.165) is 26.2 Å². The van der Waals surface area contributed by atoms with Gasteiger partial charge in [0.1, 0.15) is 0 Å². The molecule has 0 N–H and O–H groups in total. The van der Waals surface area contributed by atoms with Crippen molar-refractivity contribution in [2.75, 3.05) is 31.1 Å². The van der Waals surface area contributed by atoms with Crippen LogP contribution < -0.4 is 32.1 Å². The Bertz CT molecular complexity index is 606. The van der Waals surface area contributed by atoms with Crippen LogP contribution in [0.15, 0.2) is 41.1 Å². The van der Waals surface area contributed by atoms with Gasteiger partial charge in [-0.05, 0) is 12.1 Å². The first-order chi connectivity index (χ1) is 10.4. The van der Waals surface area contributed by atoms with Gasteiger partial charge in [-0.1, -0.05) is 40.9 Å². The number of halogens is 1. The third-order valence-corrected chi connectivity index (χ3v) is 5.27. The van der Waals surface area contributed by atoms with E-state index in [4.69, 9.17) is 18.6 Å². The van der Waals surface area contributed by atoms with Crippen molar-refractivity contribution in [3.8, 4) is 0 Å². The smallest absolute Gasteiger partial charge is 0.313 e. The van der Waals surface area contributed by atoms with Crippen molar-refractivity contribution in [3.63, 3.8) is 0 Å². The normalized spacial score (nSPS) is 15.3. The van der Waals surface area contributed by atoms with Crippen LogP contribution in [0.25, 0.3) is 0 Å². The quantitative estimate of drug-likeness (QED) is 0.516. The summed E-state index contributed by atoms with van der Waals surface area (Å²) in [4.78, 5) is 2.47. The van der Waals surface area contributed by atoms with Crippen molar-refractivity contribution in [1.29, 1.82) is 0 Å². The number of anilines is 1. The molecule has 9 heteroatoms. The fourth-order valence-corrected chi connectivity index (χ4v) is 4.03. The molecule has 0 radical (unpaired) electrons. The highest BCUT2D eigenvalue weighted by atomic mass is 35.7. The lowest BCUT2D eigenvalue weighted by Gasteiger charge is -2.26. The second-order valence-electron chi connectivity index (χ2n) is 4.46. The summed E-state index contributed by atoms with van der Waals surface area (Å²) in [5.41, 5.74) is 1.35. The number of para-hydroxylation sites is 1. The Kier molecular flexibility index (Phi) is 6.33. The summed E-state index contributed by atoms with van der Waals surface area (Å²) in [5.74, 6) is 0. The van der Waals surface area contributed by atoms with E-state index in [0.29, 0.717) is 0 Å². The predicted octanol–water partition coefficient (Wildman–Crippen LogP) is -2.65. The minimum Gasteiger partial charge on any atom is -0.359 e. The lowest BCUT2D eigenvalue weighted by Crippen LogP contribution is -2.68. The Morgan fingerprint density at radius 2 is 1.41 bits per heavy atom. The van der Waals surface area contributed by atoms with Crippen LogP contribution in [0.1, 0.15) is 0 Å².